The lowest BCUT2D eigenvalue weighted by Crippen LogP contribution is -1.96. The maximum Gasteiger partial charge on any atom is 0.303 e. The molecule has 3 heteroatoms. The molecule has 0 aliphatic carbocycles. The van der Waals surface area contributed by atoms with E-state index in [-0.39, 0.29) is 6.42 Å². The second-order valence-corrected chi connectivity index (χ2v) is 2.38. The van der Waals surface area contributed by atoms with Gasteiger partial charge < -0.3 is 10.2 Å². The number of hydrogen-bond donors (Lipinski definition) is 2. The number of aryl methyl sites for hydroxylation is 1. The highest BCUT2D eigenvalue weighted by Crippen LogP contribution is 2.01. The molecule has 0 radical (unpaired) electrons. The number of hydrogen-bond acceptors (Lipinski definition) is 2. The number of carbonyl (C=O) groups is 1. The average Bonchev–Trinajstić information content (AvgIpc) is 2.44. The van der Waals surface area contributed by atoms with Crippen LogP contribution >= 0.6 is 0 Å². The van der Waals surface area contributed by atoms with Gasteiger partial charge in [0.2, 0.25) is 0 Å². The van der Waals surface area contributed by atoms with Crippen molar-refractivity contribution in [2.24, 2.45) is 0 Å². The van der Waals surface area contributed by atoms with E-state index in [1.54, 1.807) is 0 Å². The van der Waals surface area contributed by atoms with E-state index >= 15 is 0 Å². The third kappa shape index (κ3) is 16.4. The van der Waals surface area contributed by atoms with E-state index in [9.17, 15) is 4.79 Å². The van der Waals surface area contributed by atoms with Gasteiger partial charge in [0, 0.05) is 13.5 Å². The molecule has 1 rings (SSSR count). The molecule has 0 fully saturated rings. The minimum absolute atomic E-state index is 0.212. The fourth-order valence-corrected chi connectivity index (χ4v) is 0.896. The van der Waals surface area contributed by atoms with Crippen molar-refractivity contribution in [1.29, 1.82) is 0 Å². The molecule has 17 heavy (non-hydrogen) atoms. The first-order valence-electron chi connectivity index (χ1n) is 4.66. The van der Waals surface area contributed by atoms with Crippen LogP contribution in [0.5, 0.6) is 0 Å². The summed E-state index contributed by atoms with van der Waals surface area (Å²) < 4.78 is 0. The van der Waals surface area contributed by atoms with E-state index in [2.05, 4.69) is 25.7 Å². The van der Waals surface area contributed by atoms with Crippen LogP contribution in [0, 0.1) is 25.7 Å². The maximum atomic E-state index is 10.2. The average molecular weight is 234 g/mol. The number of terminal acetylenes is 2. The third-order valence-corrected chi connectivity index (χ3v) is 1.47. The van der Waals surface area contributed by atoms with Gasteiger partial charge in [0.1, 0.15) is 0 Å². The van der Waals surface area contributed by atoms with Crippen molar-refractivity contribution in [3.63, 3.8) is 0 Å². The molecular weight excluding hydrogens is 216 g/mol. The summed E-state index contributed by atoms with van der Waals surface area (Å²) in [7, 11) is 1.00. The number of aliphatic hydroxyl groups is 1. The Labute approximate surface area is 103 Å². The SMILES string of the molecule is C#C.C#C.CO.O=C(O)CCc1ccccc1. The van der Waals surface area contributed by atoms with Gasteiger partial charge in [-0.15, -0.1) is 25.7 Å². The molecule has 0 atom stereocenters. The topological polar surface area (TPSA) is 57.5 Å². The predicted molar refractivity (Wildman–Crippen MR) is 70.3 cm³/mol. The Morgan fingerprint density at radius 2 is 1.47 bits per heavy atom. The van der Waals surface area contributed by atoms with Gasteiger partial charge in [0.25, 0.3) is 0 Å². The van der Waals surface area contributed by atoms with Crippen molar-refractivity contribution < 1.29 is 15.0 Å². The van der Waals surface area contributed by atoms with Gasteiger partial charge in [-0.05, 0) is 12.0 Å². The molecule has 1 aromatic carbocycles. The fourth-order valence-electron chi connectivity index (χ4n) is 0.896. The first-order chi connectivity index (χ1) is 8.29. The normalized spacial score (nSPS) is 6.71. The molecule has 1 aromatic rings. The van der Waals surface area contributed by atoms with Crippen LogP contribution in [0.15, 0.2) is 30.3 Å². The van der Waals surface area contributed by atoms with E-state index in [0.29, 0.717) is 6.42 Å². The molecule has 0 aliphatic heterocycles. The molecule has 0 bridgehead atoms. The highest BCUT2D eigenvalue weighted by Gasteiger charge is 1.96. The second kappa shape index (κ2) is 19.4. The van der Waals surface area contributed by atoms with Crippen LogP contribution in [0.25, 0.3) is 0 Å². The number of aliphatic hydroxyl groups excluding tert-OH is 1. The van der Waals surface area contributed by atoms with Crippen molar-refractivity contribution in [1.82, 2.24) is 0 Å². The molecule has 3 nitrogen and oxygen atoms in total. The monoisotopic (exact) mass is 234 g/mol. The van der Waals surface area contributed by atoms with Gasteiger partial charge in [-0.3, -0.25) is 4.79 Å². The number of carboxylic acid groups (broad SMARTS) is 1. The van der Waals surface area contributed by atoms with Crippen LogP contribution in [0.2, 0.25) is 0 Å². The Kier molecular flexibility index (Phi) is 23.0. The van der Waals surface area contributed by atoms with E-state index < -0.39 is 5.97 Å². The summed E-state index contributed by atoms with van der Waals surface area (Å²) in [4.78, 5) is 10.2. The van der Waals surface area contributed by atoms with Gasteiger partial charge in [-0.25, -0.2) is 0 Å². The van der Waals surface area contributed by atoms with Crippen molar-refractivity contribution in [2.75, 3.05) is 7.11 Å². The highest BCUT2D eigenvalue weighted by atomic mass is 16.4. The van der Waals surface area contributed by atoms with E-state index in [0.717, 1.165) is 12.7 Å². The number of benzene rings is 1. The first-order valence-corrected chi connectivity index (χ1v) is 4.66. The summed E-state index contributed by atoms with van der Waals surface area (Å²) in [6.45, 7) is 0. The predicted octanol–water partition coefficient (Wildman–Crippen LogP) is 1.81. The first kappa shape index (κ1) is 20.2. The standard InChI is InChI=1S/C9H10O2.2C2H2.CH4O/c10-9(11)7-6-8-4-2-1-3-5-8;3*1-2/h1-5H,6-7H2,(H,10,11);2*1-2H;2H,1H3. The lowest BCUT2D eigenvalue weighted by atomic mass is 10.1. The smallest absolute Gasteiger partial charge is 0.303 e. The molecule has 0 unspecified atom stereocenters. The van der Waals surface area contributed by atoms with Crippen molar-refractivity contribution in [3.05, 3.63) is 35.9 Å². The Morgan fingerprint density at radius 3 is 1.82 bits per heavy atom. The van der Waals surface area contributed by atoms with Crippen LogP contribution in [-0.4, -0.2) is 23.3 Å². The van der Waals surface area contributed by atoms with Gasteiger partial charge >= 0.3 is 5.97 Å². The number of rotatable bonds is 3. The zero-order chi connectivity index (χ0) is 14.1. The van der Waals surface area contributed by atoms with Crippen LogP contribution in [0.3, 0.4) is 0 Å². The lowest BCUT2D eigenvalue weighted by molar-refractivity contribution is -0.136. The number of aliphatic carboxylic acids is 1. The van der Waals surface area contributed by atoms with Gasteiger partial charge in [0.05, 0.1) is 0 Å². The zero-order valence-corrected chi connectivity index (χ0v) is 9.91. The van der Waals surface area contributed by atoms with Gasteiger partial charge in [-0.2, -0.15) is 0 Å². The van der Waals surface area contributed by atoms with Crippen molar-refractivity contribution in [3.8, 4) is 25.7 Å². The molecular formula is C14H18O3. The van der Waals surface area contributed by atoms with Crippen LogP contribution in [0.1, 0.15) is 12.0 Å². The van der Waals surface area contributed by atoms with Crippen molar-refractivity contribution in [2.45, 2.75) is 12.8 Å². The molecule has 0 saturated carbocycles. The Morgan fingerprint density at radius 1 is 1.06 bits per heavy atom. The molecule has 2 N–H and O–H groups in total. The van der Waals surface area contributed by atoms with Gasteiger partial charge in [-0.1, -0.05) is 30.3 Å². The summed E-state index contributed by atoms with van der Waals surface area (Å²) in [5.74, 6) is -0.742. The maximum absolute atomic E-state index is 10.2. The number of carboxylic acids is 1. The van der Waals surface area contributed by atoms with Crippen LogP contribution in [0.4, 0.5) is 0 Å². The Bertz CT molecular complexity index is 293. The van der Waals surface area contributed by atoms with Crippen LogP contribution in [-0.2, 0) is 11.2 Å². The summed E-state index contributed by atoms with van der Waals surface area (Å²) in [5, 5.41) is 15.4. The van der Waals surface area contributed by atoms with E-state index in [1.165, 1.54) is 0 Å². The van der Waals surface area contributed by atoms with Gasteiger partial charge in [0.15, 0.2) is 0 Å². The largest absolute Gasteiger partial charge is 0.481 e. The quantitative estimate of drug-likeness (QED) is 0.784. The summed E-state index contributed by atoms with van der Waals surface area (Å²) in [6.07, 6.45) is 16.8. The lowest BCUT2D eigenvalue weighted by Gasteiger charge is -1.95. The molecule has 0 aliphatic rings. The minimum atomic E-state index is -0.742. The third-order valence-electron chi connectivity index (χ3n) is 1.47. The van der Waals surface area contributed by atoms with E-state index in [1.807, 2.05) is 30.3 Å². The molecule has 0 aromatic heterocycles. The van der Waals surface area contributed by atoms with Crippen LogP contribution < -0.4 is 0 Å². The molecule has 0 amide bonds. The molecule has 0 heterocycles. The fraction of sp³-hybridized carbons (Fsp3) is 0.214. The highest BCUT2D eigenvalue weighted by molar-refractivity contribution is 5.67. The molecule has 92 valence electrons. The van der Waals surface area contributed by atoms with E-state index in [4.69, 9.17) is 10.2 Å². The zero-order valence-electron chi connectivity index (χ0n) is 9.91. The molecule has 0 spiro atoms. The summed E-state index contributed by atoms with van der Waals surface area (Å²) >= 11 is 0. The summed E-state index contributed by atoms with van der Waals surface area (Å²) in [5.41, 5.74) is 1.08. The Balaban J connectivity index is -0.000000285. The second-order valence-electron chi connectivity index (χ2n) is 2.38. The molecule has 0 saturated heterocycles. The summed E-state index contributed by atoms with van der Waals surface area (Å²) in [6, 6.07) is 9.62. The minimum Gasteiger partial charge on any atom is -0.481 e. The van der Waals surface area contributed by atoms with Crippen molar-refractivity contribution >= 4 is 5.97 Å². The Hall–Kier alpha value is -2.23.